The van der Waals surface area contributed by atoms with Gasteiger partial charge in [0.05, 0.1) is 12.2 Å². The van der Waals surface area contributed by atoms with Gasteiger partial charge in [0.2, 0.25) is 0 Å². The summed E-state index contributed by atoms with van der Waals surface area (Å²) in [5.74, 6) is 3.80. The molecule has 0 N–H and O–H groups in total. The first-order valence-corrected chi connectivity index (χ1v) is 13.5. The van der Waals surface area contributed by atoms with E-state index in [2.05, 4.69) is 26.0 Å². The Hall–Kier alpha value is -1.31. The summed E-state index contributed by atoms with van der Waals surface area (Å²) in [7, 11) is 0. The van der Waals surface area contributed by atoms with Gasteiger partial charge in [0.25, 0.3) is 0 Å². The number of hydrogen-bond acceptors (Lipinski definition) is 2. The van der Waals surface area contributed by atoms with Crippen molar-refractivity contribution in [2.75, 3.05) is 6.61 Å². The molecule has 1 aromatic rings. The first-order chi connectivity index (χ1) is 15.2. The number of hydrogen-bond donors (Lipinski definition) is 0. The minimum absolute atomic E-state index is 0.183. The summed E-state index contributed by atoms with van der Waals surface area (Å²) in [5.41, 5.74) is 2.04. The summed E-state index contributed by atoms with van der Waals surface area (Å²) < 4.78 is 5.31. The van der Waals surface area contributed by atoms with E-state index in [4.69, 9.17) is 4.74 Å². The van der Waals surface area contributed by atoms with E-state index in [1.165, 1.54) is 82.6 Å². The van der Waals surface area contributed by atoms with E-state index in [-0.39, 0.29) is 5.97 Å². The molecule has 2 aliphatic carbocycles. The summed E-state index contributed by atoms with van der Waals surface area (Å²) in [6, 6.07) is 8.13. The Morgan fingerprint density at radius 3 is 1.87 bits per heavy atom. The van der Waals surface area contributed by atoms with Gasteiger partial charge in [0, 0.05) is 0 Å². The molecule has 2 aliphatic rings. The SMILES string of the molecule is CCCCOC(=O)c1ccc(CCC2CCC([C@H]3CC[C@H](CCCC)CC3)CC2)cc1. The zero-order valence-electron chi connectivity index (χ0n) is 20.2. The Morgan fingerprint density at radius 1 is 0.774 bits per heavy atom. The summed E-state index contributed by atoms with van der Waals surface area (Å²) >= 11 is 0. The van der Waals surface area contributed by atoms with Gasteiger partial charge < -0.3 is 4.74 Å². The first kappa shape index (κ1) is 24.3. The predicted molar refractivity (Wildman–Crippen MR) is 130 cm³/mol. The van der Waals surface area contributed by atoms with Crippen molar-refractivity contribution in [3.63, 3.8) is 0 Å². The molecule has 3 rings (SSSR count). The van der Waals surface area contributed by atoms with Crippen LogP contribution in [0, 0.1) is 23.7 Å². The maximum Gasteiger partial charge on any atom is 0.338 e. The Morgan fingerprint density at radius 2 is 1.32 bits per heavy atom. The lowest BCUT2D eigenvalue weighted by Gasteiger charge is -2.38. The minimum Gasteiger partial charge on any atom is -0.462 e. The fourth-order valence-electron chi connectivity index (χ4n) is 5.96. The average Bonchev–Trinajstić information content (AvgIpc) is 2.82. The van der Waals surface area contributed by atoms with Gasteiger partial charge >= 0.3 is 5.97 Å². The molecule has 0 radical (unpaired) electrons. The first-order valence-electron chi connectivity index (χ1n) is 13.5. The lowest BCUT2D eigenvalue weighted by Crippen LogP contribution is -2.26. The average molecular weight is 427 g/mol. The number of rotatable bonds is 11. The maximum absolute atomic E-state index is 12.0. The van der Waals surface area contributed by atoms with Crippen LogP contribution in [0.4, 0.5) is 0 Å². The molecule has 0 spiro atoms. The van der Waals surface area contributed by atoms with Gasteiger partial charge in [-0.3, -0.25) is 0 Å². The molecular formula is C29H46O2. The van der Waals surface area contributed by atoms with Crippen LogP contribution in [0.1, 0.15) is 120 Å². The van der Waals surface area contributed by atoms with Crippen molar-refractivity contribution in [1.29, 1.82) is 0 Å². The topological polar surface area (TPSA) is 26.3 Å². The third kappa shape index (κ3) is 7.95. The van der Waals surface area contributed by atoms with Gasteiger partial charge in [-0.05, 0) is 86.3 Å². The molecule has 0 atom stereocenters. The van der Waals surface area contributed by atoms with Crippen LogP contribution in [0.25, 0.3) is 0 Å². The van der Waals surface area contributed by atoms with Crippen molar-refractivity contribution in [1.82, 2.24) is 0 Å². The van der Waals surface area contributed by atoms with Crippen LogP contribution in [0.5, 0.6) is 0 Å². The lowest BCUT2D eigenvalue weighted by molar-refractivity contribution is 0.0499. The van der Waals surface area contributed by atoms with Gasteiger partial charge in [-0.2, -0.15) is 0 Å². The molecular weight excluding hydrogens is 380 g/mol. The van der Waals surface area contributed by atoms with Crippen molar-refractivity contribution < 1.29 is 9.53 Å². The maximum atomic E-state index is 12.0. The van der Waals surface area contributed by atoms with Gasteiger partial charge in [-0.1, -0.05) is 77.3 Å². The molecule has 0 unspecified atom stereocenters. The molecule has 0 amide bonds. The Bertz CT molecular complexity index is 619. The number of aryl methyl sites for hydroxylation is 1. The third-order valence-electron chi connectivity index (χ3n) is 8.18. The highest BCUT2D eigenvalue weighted by Crippen LogP contribution is 2.43. The van der Waals surface area contributed by atoms with Crippen LogP contribution >= 0.6 is 0 Å². The molecule has 0 aliphatic heterocycles. The molecule has 2 saturated carbocycles. The fraction of sp³-hybridized carbons (Fsp3) is 0.759. The van der Waals surface area contributed by atoms with Gasteiger partial charge in [0.15, 0.2) is 0 Å². The van der Waals surface area contributed by atoms with Crippen LogP contribution in [-0.2, 0) is 11.2 Å². The van der Waals surface area contributed by atoms with Crippen molar-refractivity contribution in [2.24, 2.45) is 23.7 Å². The van der Waals surface area contributed by atoms with Crippen LogP contribution in [0.2, 0.25) is 0 Å². The molecule has 0 bridgehead atoms. The predicted octanol–water partition coefficient (Wildman–Crippen LogP) is 8.38. The summed E-state index contributed by atoms with van der Waals surface area (Å²) in [6.07, 6.45) is 20.6. The van der Waals surface area contributed by atoms with Crippen molar-refractivity contribution >= 4 is 5.97 Å². The zero-order valence-corrected chi connectivity index (χ0v) is 20.2. The smallest absolute Gasteiger partial charge is 0.338 e. The highest BCUT2D eigenvalue weighted by atomic mass is 16.5. The highest BCUT2D eigenvalue weighted by molar-refractivity contribution is 5.89. The molecule has 0 heterocycles. The van der Waals surface area contributed by atoms with E-state index >= 15 is 0 Å². The number of benzene rings is 1. The molecule has 174 valence electrons. The van der Waals surface area contributed by atoms with E-state index in [1.54, 1.807) is 0 Å². The minimum atomic E-state index is -0.183. The number of carbonyl (C=O) groups is 1. The molecule has 2 heteroatoms. The van der Waals surface area contributed by atoms with E-state index < -0.39 is 0 Å². The van der Waals surface area contributed by atoms with Crippen molar-refractivity contribution in [2.45, 2.75) is 110 Å². The Kier molecular flexibility index (Phi) is 10.4. The Labute approximate surface area is 191 Å². The molecule has 0 saturated heterocycles. The molecule has 0 aromatic heterocycles. The quantitative estimate of drug-likeness (QED) is 0.262. The van der Waals surface area contributed by atoms with E-state index in [1.807, 2.05) is 12.1 Å². The van der Waals surface area contributed by atoms with Crippen LogP contribution in [-0.4, -0.2) is 12.6 Å². The normalized spacial score (nSPS) is 26.5. The van der Waals surface area contributed by atoms with Crippen LogP contribution < -0.4 is 0 Å². The lowest BCUT2D eigenvalue weighted by atomic mass is 9.68. The van der Waals surface area contributed by atoms with Gasteiger partial charge in [-0.15, -0.1) is 0 Å². The van der Waals surface area contributed by atoms with Gasteiger partial charge in [-0.25, -0.2) is 4.79 Å². The highest BCUT2D eigenvalue weighted by Gasteiger charge is 2.30. The van der Waals surface area contributed by atoms with Gasteiger partial charge in [0.1, 0.15) is 0 Å². The molecule has 31 heavy (non-hydrogen) atoms. The Balaban J connectivity index is 1.33. The van der Waals surface area contributed by atoms with E-state index in [9.17, 15) is 4.79 Å². The summed E-state index contributed by atoms with van der Waals surface area (Å²) in [4.78, 5) is 12.0. The zero-order chi connectivity index (χ0) is 21.9. The monoisotopic (exact) mass is 426 g/mol. The fourth-order valence-corrected chi connectivity index (χ4v) is 5.96. The summed E-state index contributed by atoms with van der Waals surface area (Å²) in [6.45, 7) is 4.96. The third-order valence-corrected chi connectivity index (χ3v) is 8.18. The standard InChI is InChI=1S/C29H46O2/c1-3-5-7-23-10-16-26(17-11-23)27-18-12-24(13-19-27)8-9-25-14-20-28(21-15-25)29(30)31-22-6-4-2/h14-15,20-21,23-24,26-27H,3-13,16-19,22H2,1-2H3/t23-,24?,26-,27?. The number of esters is 1. The number of unbranched alkanes of at least 4 members (excludes halogenated alkanes) is 2. The number of ether oxygens (including phenoxy) is 1. The van der Waals surface area contributed by atoms with Crippen molar-refractivity contribution in [3.05, 3.63) is 35.4 Å². The largest absolute Gasteiger partial charge is 0.462 e. The second kappa shape index (κ2) is 13.3. The molecule has 1 aromatic carbocycles. The van der Waals surface area contributed by atoms with Crippen molar-refractivity contribution in [3.8, 4) is 0 Å². The van der Waals surface area contributed by atoms with Crippen LogP contribution in [0.3, 0.4) is 0 Å². The van der Waals surface area contributed by atoms with E-state index in [0.717, 1.165) is 42.9 Å². The second-order valence-corrected chi connectivity index (χ2v) is 10.4. The molecule has 2 fully saturated rings. The molecule has 2 nitrogen and oxygen atoms in total. The second-order valence-electron chi connectivity index (χ2n) is 10.4. The van der Waals surface area contributed by atoms with Crippen LogP contribution in [0.15, 0.2) is 24.3 Å². The van der Waals surface area contributed by atoms with E-state index in [0.29, 0.717) is 12.2 Å². The summed E-state index contributed by atoms with van der Waals surface area (Å²) in [5, 5.41) is 0. The number of carbonyl (C=O) groups excluding carboxylic acids is 1.